The van der Waals surface area contributed by atoms with Crippen molar-refractivity contribution in [1.82, 2.24) is 4.98 Å². The first-order valence-electron chi connectivity index (χ1n) is 4.40. The van der Waals surface area contributed by atoms with Gasteiger partial charge in [0.1, 0.15) is 0 Å². The molecule has 0 atom stereocenters. The largest absolute Gasteiger partial charge is 0.481 e. The topological polar surface area (TPSA) is 50.2 Å². The average Bonchev–Trinajstić information content (AvgIpc) is 2.02. The molecule has 1 aromatic rings. The summed E-state index contributed by atoms with van der Waals surface area (Å²) in [6, 6.07) is 3.92. The SMILES string of the molecule is O=C(O)C1CC(c2ccncc2)C1. The monoisotopic (exact) mass is 177 g/mol. The lowest BCUT2D eigenvalue weighted by atomic mass is 9.72. The fraction of sp³-hybridized carbons (Fsp3) is 0.400. The van der Waals surface area contributed by atoms with E-state index in [1.807, 2.05) is 12.1 Å². The molecule has 0 spiro atoms. The molecule has 0 unspecified atom stereocenters. The third-order valence-electron chi connectivity index (χ3n) is 2.66. The maximum absolute atomic E-state index is 10.5. The molecule has 0 saturated heterocycles. The van der Waals surface area contributed by atoms with Gasteiger partial charge in [0.05, 0.1) is 5.92 Å². The maximum atomic E-state index is 10.5. The van der Waals surface area contributed by atoms with Crippen molar-refractivity contribution in [2.45, 2.75) is 18.8 Å². The molecule has 1 aliphatic carbocycles. The Labute approximate surface area is 76.4 Å². The standard InChI is InChI=1S/C10H11NO2/c12-10(13)9-5-8(6-9)7-1-3-11-4-2-7/h1-4,8-9H,5-6H2,(H,12,13). The third kappa shape index (κ3) is 1.54. The highest BCUT2D eigenvalue weighted by atomic mass is 16.4. The lowest BCUT2D eigenvalue weighted by Crippen LogP contribution is -2.28. The Morgan fingerprint density at radius 2 is 2.00 bits per heavy atom. The summed E-state index contributed by atoms with van der Waals surface area (Å²) in [4.78, 5) is 14.5. The Kier molecular flexibility index (Phi) is 2.00. The number of hydrogen-bond acceptors (Lipinski definition) is 2. The summed E-state index contributed by atoms with van der Waals surface area (Å²) in [5, 5.41) is 8.69. The molecule has 1 saturated carbocycles. The minimum absolute atomic E-state index is 0.127. The van der Waals surface area contributed by atoms with E-state index in [1.54, 1.807) is 12.4 Å². The van der Waals surface area contributed by atoms with Crippen LogP contribution in [0.3, 0.4) is 0 Å². The van der Waals surface area contributed by atoms with Crippen LogP contribution in [0.25, 0.3) is 0 Å². The zero-order valence-corrected chi connectivity index (χ0v) is 7.18. The predicted octanol–water partition coefficient (Wildman–Crippen LogP) is 1.66. The molecule has 1 heterocycles. The van der Waals surface area contributed by atoms with Crippen LogP contribution in [-0.4, -0.2) is 16.1 Å². The normalized spacial score (nSPS) is 26.5. The Morgan fingerprint density at radius 1 is 1.38 bits per heavy atom. The summed E-state index contributed by atoms with van der Waals surface area (Å²) in [7, 11) is 0. The first-order chi connectivity index (χ1) is 6.27. The van der Waals surface area contributed by atoms with Gasteiger partial charge in [-0.05, 0) is 36.5 Å². The maximum Gasteiger partial charge on any atom is 0.306 e. The van der Waals surface area contributed by atoms with Gasteiger partial charge in [0.25, 0.3) is 0 Å². The van der Waals surface area contributed by atoms with E-state index in [-0.39, 0.29) is 5.92 Å². The number of rotatable bonds is 2. The summed E-state index contributed by atoms with van der Waals surface area (Å²) >= 11 is 0. The van der Waals surface area contributed by atoms with Gasteiger partial charge in [-0.3, -0.25) is 9.78 Å². The molecule has 0 aromatic carbocycles. The molecule has 1 N–H and O–H groups in total. The van der Waals surface area contributed by atoms with Gasteiger partial charge in [-0.25, -0.2) is 0 Å². The predicted molar refractivity (Wildman–Crippen MR) is 47.3 cm³/mol. The van der Waals surface area contributed by atoms with Crippen molar-refractivity contribution in [1.29, 1.82) is 0 Å². The van der Waals surface area contributed by atoms with Crippen LogP contribution in [0.4, 0.5) is 0 Å². The minimum Gasteiger partial charge on any atom is -0.481 e. The molecule has 1 fully saturated rings. The van der Waals surface area contributed by atoms with E-state index >= 15 is 0 Å². The number of carboxylic acids is 1. The highest BCUT2D eigenvalue weighted by molar-refractivity contribution is 5.71. The van der Waals surface area contributed by atoms with Gasteiger partial charge in [0, 0.05) is 12.4 Å². The van der Waals surface area contributed by atoms with Crippen LogP contribution in [0.15, 0.2) is 24.5 Å². The average molecular weight is 177 g/mol. The number of nitrogens with zero attached hydrogens (tertiary/aromatic N) is 1. The lowest BCUT2D eigenvalue weighted by Gasteiger charge is -2.32. The number of carboxylic acid groups (broad SMARTS) is 1. The van der Waals surface area contributed by atoms with Crippen LogP contribution < -0.4 is 0 Å². The second kappa shape index (κ2) is 3.17. The Morgan fingerprint density at radius 3 is 2.54 bits per heavy atom. The summed E-state index contributed by atoms with van der Waals surface area (Å²) in [6.07, 6.45) is 5.06. The van der Waals surface area contributed by atoms with Gasteiger partial charge in [-0.2, -0.15) is 0 Å². The first kappa shape index (κ1) is 8.23. The molecule has 13 heavy (non-hydrogen) atoms. The van der Waals surface area contributed by atoms with Gasteiger partial charge in [-0.15, -0.1) is 0 Å². The van der Waals surface area contributed by atoms with Gasteiger partial charge < -0.3 is 5.11 Å². The van der Waals surface area contributed by atoms with Crippen molar-refractivity contribution < 1.29 is 9.90 Å². The van der Waals surface area contributed by atoms with E-state index < -0.39 is 5.97 Å². The van der Waals surface area contributed by atoms with Crippen molar-refractivity contribution in [3.63, 3.8) is 0 Å². The number of hydrogen-bond donors (Lipinski definition) is 1. The van der Waals surface area contributed by atoms with Crippen LogP contribution in [-0.2, 0) is 4.79 Å². The van der Waals surface area contributed by atoms with Gasteiger partial charge in [0.2, 0.25) is 0 Å². The smallest absolute Gasteiger partial charge is 0.306 e. The summed E-state index contributed by atoms with van der Waals surface area (Å²) < 4.78 is 0. The van der Waals surface area contributed by atoms with Crippen LogP contribution >= 0.6 is 0 Å². The van der Waals surface area contributed by atoms with E-state index in [0.29, 0.717) is 5.92 Å². The van der Waals surface area contributed by atoms with Crippen molar-refractivity contribution in [3.05, 3.63) is 30.1 Å². The minimum atomic E-state index is -0.662. The van der Waals surface area contributed by atoms with Crippen LogP contribution in [0, 0.1) is 5.92 Å². The first-order valence-corrected chi connectivity index (χ1v) is 4.40. The van der Waals surface area contributed by atoms with Crippen molar-refractivity contribution in [3.8, 4) is 0 Å². The molecule has 1 aromatic heterocycles. The van der Waals surface area contributed by atoms with E-state index in [0.717, 1.165) is 12.8 Å². The molecular formula is C10H11NO2. The Balaban J connectivity index is 1.98. The zero-order chi connectivity index (χ0) is 9.26. The third-order valence-corrected chi connectivity index (χ3v) is 2.66. The van der Waals surface area contributed by atoms with Crippen LogP contribution in [0.1, 0.15) is 24.3 Å². The molecule has 3 nitrogen and oxygen atoms in total. The molecule has 68 valence electrons. The summed E-state index contributed by atoms with van der Waals surface area (Å²) in [5.41, 5.74) is 1.22. The number of carbonyl (C=O) groups is 1. The van der Waals surface area contributed by atoms with Crippen molar-refractivity contribution in [2.75, 3.05) is 0 Å². The van der Waals surface area contributed by atoms with E-state index in [4.69, 9.17) is 5.11 Å². The van der Waals surface area contributed by atoms with Crippen LogP contribution in [0.5, 0.6) is 0 Å². The zero-order valence-electron chi connectivity index (χ0n) is 7.18. The quantitative estimate of drug-likeness (QED) is 0.747. The number of pyridine rings is 1. The number of aromatic nitrogens is 1. The summed E-state index contributed by atoms with van der Waals surface area (Å²) in [6.45, 7) is 0. The fourth-order valence-corrected chi connectivity index (χ4v) is 1.73. The van der Waals surface area contributed by atoms with Gasteiger partial charge >= 0.3 is 5.97 Å². The highest BCUT2D eigenvalue weighted by Gasteiger charge is 2.34. The summed E-state index contributed by atoms with van der Waals surface area (Å²) in [5.74, 6) is -0.354. The highest BCUT2D eigenvalue weighted by Crippen LogP contribution is 2.41. The molecule has 2 rings (SSSR count). The molecule has 3 heteroatoms. The van der Waals surface area contributed by atoms with Gasteiger partial charge in [0.15, 0.2) is 0 Å². The van der Waals surface area contributed by atoms with Crippen LogP contribution in [0.2, 0.25) is 0 Å². The Hall–Kier alpha value is -1.38. The second-order valence-electron chi connectivity index (χ2n) is 3.48. The lowest BCUT2D eigenvalue weighted by molar-refractivity contribution is -0.145. The molecule has 0 amide bonds. The number of aliphatic carboxylic acids is 1. The Bertz CT molecular complexity index is 304. The molecule has 1 aliphatic rings. The molecule has 0 bridgehead atoms. The van der Waals surface area contributed by atoms with E-state index in [2.05, 4.69) is 4.98 Å². The van der Waals surface area contributed by atoms with E-state index in [1.165, 1.54) is 5.56 Å². The van der Waals surface area contributed by atoms with Crippen molar-refractivity contribution >= 4 is 5.97 Å². The molecule has 0 aliphatic heterocycles. The molecule has 0 radical (unpaired) electrons. The second-order valence-corrected chi connectivity index (χ2v) is 3.48. The van der Waals surface area contributed by atoms with Crippen molar-refractivity contribution in [2.24, 2.45) is 5.92 Å². The molecular weight excluding hydrogens is 166 g/mol. The van der Waals surface area contributed by atoms with Gasteiger partial charge in [-0.1, -0.05) is 0 Å². The van der Waals surface area contributed by atoms with E-state index in [9.17, 15) is 4.79 Å². The fourth-order valence-electron chi connectivity index (χ4n) is 1.73.